The highest BCUT2D eigenvalue weighted by Gasteiger charge is 2.45. The summed E-state index contributed by atoms with van der Waals surface area (Å²) in [6.07, 6.45) is 4.35. The van der Waals surface area contributed by atoms with E-state index >= 15 is 0 Å². The lowest BCUT2D eigenvalue weighted by molar-refractivity contribution is -0.00294. The number of para-hydroxylation sites is 1. The number of benzene rings is 1. The van der Waals surface area contributed by atoms with Crippen LogP contribution in [0.15, 0.2) is 29.1 Å². The first-order valence-corrected chi connectivity index (χ1v) is 8.57. The summed E-state index contributed by atoms with van der Waals surface area (Å²) in [5, 5.41) is 19.7. The summed E-state index contributed by atoms with van der Waals surface area (Å²) < 4.78 is 0. The Kier molecular flexibility index (Phi) is 3.58. The Balaban J connectivity index is 1.68. The molecule has 0 unspecified atom stereocenters. The van der Waals surface area contributed by atoms with Crippen molar-refractivity contribution in [2.45, 2.75) is 25.7 Å². The van der Waals surface area contributed by atoms with Crippen LogP contribution in [0.2, 0.25) is 0 Å². The molecule has 2 aliphatic rings. The molecule has 2 fully saturated rings. The minimum atomic E-state index is -0.310. The molecule has 1 aliphatic heterocycles. The summed E-state index contributed by atoms with van der Waals surface area (Å²) in [7, 11) is 0. The monoisotopic (exact) mass is 323 g/mol. The van der Waals surface area contributed by atoms with Crippen LogP contribution in [0.5, 0.6) is 0 Å². The van der Waals surface area contributed by atoms with Gasteiger partial charge in [0.25, 0.3) is 5.56 Å². The van der Waals surface area contributed by atoms with Gasteiger partial charge in [-0.15, -0.1) is 0 Å². The number of nitrogens with zero attached hydrogens (tertiary/aromatic N) is 2. The summed E-state index contributed by atoms with van der Waals surface area (Å²) in [6, 6.07) is 9.78. The lowest BCUT2D eigenvalue weighted by Gasteiger charge is -2.52. The highest BCUT2D eigenvalue weighted by atomic mass is 16.3. The number of aliphatic hydroxyl groups is 1. The predicted octanol–water partition coefficient (Wildman–Crippen LogP) is 2.39. The maximum Gasteiger partial charge on any atom is 0.268 e. The predicted molar refractivity (Wildman–Crippen MR) is 93.0 cm³/mol. The van der Waals surface area contributed by atoms with Crippen molar-refractivity contribution in [3.8, 4) is 6.07 Å². The molecule has 1 saturated heterocycles. The van der Waals surface area contributed by atoms with E-state index in [1.165, 1.54) is 0 Å². The van der Waals surface area contributed by atoms with Gasteiger partial charge in [-0.1, -0.05) is 18.2 Å². The van der Waals surface area contributed by atoms with Crippen LogP contribution in [-0.2, 0) is 0 Å². The highest BCUT2D eigenvalue weighted by molar-refractivity contribution is 5.94. The maximum absolute atomic E-state index is 12.3. The van der Waals surface area contributed by atoms with E-state index in [-0.39, 0.29) is 11.1 Å². The molecule has 1 aromatic heterocycles. The zero-order chi connectivity index (χ0) is 16.7. The van der Waals surface area contributed by atoms with E-state index in [0.717, 1.165) is 55.4 Å². The Hall–Kier alpha value is -2.32. The molecular formula is C19H21N3O2. The fourth-order valence-corrected chi connectivity index (χ4v) is 4.56. The Bertz CT molecular complexity index is 864. The van der Waals surface area contributed by atoms with E-state index in [1.807, 2.05) is 24.3 Å². The normalized spacial score (nSPS) is 20.1. The second kappa shape index (κ2) is 5.64. The van der Waals surface area contributed by atoms with Gasteiger partial charge in [0.15, 0.2) is 0 Å². The van der Waals surface area contributed by atoms with Gasteiger partial charge < -0.3 is 15.0 Å². The first-order chi connectivity index (χ1) is 11.7. The topological polar surface area (TPSA) is 80.1 Å². The molecular weight excluding hydrogens is 302 g/mol. The Morgan fingerprint density at radius 2 is 2.00 bits per heavy atom. The van der Waals surface area contributed by atoms with E-state index < -0.39 is 0 Å². The van der Waals surface area contributed by atoms with Crippen LogP contribution in [-0.4, -0.2) is 29.8 Å². The number of aromatic nitrogens is 1. The lowest BCUT2D eigenvalue weighted by Crippen LogP contribution is -2.48. The molecule has 1 aromatic carbocycles. The number of fused-ring (bicyclic) bond motifs is 1. The van der Waals surface area contributed by atoms with Crippen molar-refractivity contribution in [1.29, 1.82) is 5.26 Å². The molecule has 0 bridgehead atoms. The van der Waals surface area contributed by atoms with E-state index in [0.29, 0.717) is 17.9 Å². The Morgan fingerprint density at radius 3 is 2.67 bits per heavy atom. The SMILES string of the molecule is N#Cc1c(N2CCC3(CC2)CC(CO)C3)c2ccccc2[nH]c1=O. The van der Waals surface area contributed by atoms with Gasteiger partial charge in [-0.2, -0.15) is 5.26 Å². The second-order valence-corrected chi connectivity index (χ2v) is 7.28. The molecule has 5 nitrogen and oxygen atoms in total. The quantitative estimate of drug-likeness (QED) is 0.889. The van der Waals surface area contributed by atoms with Gasteiger partial charge in [0.2, 0.25) is 0 Å². The van der Waals surface area contributed by atoms with E-state index in [4.69, 9.17) is 0 Å². The third-order valence-electron chi connectivity index (χ3n) is 5.85. The summed E-state index contributed by atoms with van der Waals surface area (Å²) in [5.74, 6) is 0.464. The molecule has 1 saturated carbocycles. The average Bonchev–Trinajstić information content (AvgIpc) is 2.58. The van der Waals surface area contributed by atoms with Crippen molar-refractivity contribution in [3.63, 3.8) is 0 Å². The molecule has 0 amide bonds. The fraction of sp³-hybridized carbons (Fsp3) is 0.474. The molecule has 1 spiro atoms. The largest absolute Gasteiger partial charge is 0.396 e. The third-order valence-corrected chi connectivity index (χ3v) is 5.85. The zero-order valence-corrected chi connectivity index (χ0v) is 13.6. The molecule has 5 heteroatoms. The number of anilines is 1. The smallest absolute Gasteiger partial charge is 0.268 e. The number of hydrogen-bond acceptors (Lipinski definition) is 4. The van der Waals surface area contributed by atoms with Crippen LogP contribution in [0.25, 0.3) is 10.9 Å². The summed E-state index contributed by atoms with van der Waals surface area (Å²) in [4.78, 5) is 17.3. The summed E-state index contributed by atoms with van der Waals surface area (Å²) in [5.41, 5.74) is 1.83. The van der Waals surface area contributed by atoms with Gasteiger partial charge in [0.05, 0.1) is 11.2 Å². The third kappa shape index (κ3) is 2.30. The minimum Gasteiger partial charge on any atom is -0.396 e. The van der Waals surface area contributed by atoms with Crippen molar-refractivity contribution in [1.82, 2.24) is 4.98 Å². The van der Waals surface area contributed by atoms with Crippen molar-refractivity contribution in [2.24, 2.45) is 11.3 Å². The molecule has 0 atom stereocenters. The minimum absolute atomic E-state index is 0.214. The summed E-state index contributed by atoms with van der Waals surface area (Å²) >= 11 is 0. The van der Waals surface area contributed by atoms with Crippen LogP contribution in [0.4, 0.5) is 5.69 Å². The van der Waals surface area contributed by atoms with Crippen LogP contribution in [0.3, 0.4) is 0 Å². The number of hydrogen-bond donors (Lipinski definition) is 2. The van der Waals surface area contributed by atoms with Gasteiger partial charge in [0.1, 0.15) is 11.6 Å². The first-order valence-electron chi connectivity index (χ1n) is 8.57. The average molecular weight is 323 g/mol. The van der Waals surface area contributed by atoms with Gasteiger partial charge >= 0.3 is 0 Å². The summed E-state index contributed by atoms with van der Waals surface area (Å²) in [6.45, 7) is 2.02. The zero-order valence-electron chi connectivity index (χ0n) is 13.6. The molecule has 0 radical (unpaired) electrons. The van der Waals surface area contributed by atoms with Crippen molar-refractivity contribution < 1.29 is 5.11 Å². The highest BCUT2D eigenvalue weighted by Crippen LogP contribution is 2.52. The Morgan fingerprint density at radius 1 is 1.29 bits per heavy atom. The number of rotatable bonds is 2. The van der Waals surface area contributed by atoms with Crippen molar-refractivity contribution in [3.05, 3.63) is 40.2 Å². The number of piperidine rings is 1. The number of aliphatic hydroxyl groups excluding tert-OH is 1. The number of aromatic amines is 1. The van der Waals surface area contributed by atoms with Gasteiger partial charge in [-0.05, 0) is 43.1 Å². The van der Waals surface area contributed by atoms with Crippen LogP contribution in [0, 0.1) is 22.7 Å². The van der Waals surface area contributed by atoms with E-state index in [9.17, 15) is 15.2 Å². The number of pyridine rings is 1. The molecule has 2 aromatic rings. The van der Waals surface area contributed by atoms with Crippen LogP contribution >= 0.6 is 0 Å². The van der Waals surface area contributed by atoms with Crippen LogP contribution in [0.1, 0.15) is 31.2 Å². The van der Waals surface area contributed by atoms with Gasteiger partial charge in [-0.3, -0.25) is 4.79 Å². The molecule has 2 heterocycles. The van der Waals surface area contributed by atoms with Gasteiger partial charge in [-0.25, -0.2) is 0 Å². The fourth-order valence-electron chi connectivity index (χ4n) is 4.56. The maximum atomic E-state index is 12.3. The standard InChI is InChI=1S/C19H21N3O2/c20-11-15-17(14-3-1-2-4-16(14)21-18(15)24)22-7-5-19(6-8-22)9-13(10-19)12-23/h1-4,13,23H,5-10,12H2,(H,21,24). The van der Waals surface area contributed by atoms with Gasteiger partial charge in [0, 0.05) is 25.1 Å². The second-order valence-electron chi connectivity index (χ2n) is 7.28. The van der Waals surface area contributed by atoms with E-state index in [1.54, 1.807) is 0 Å². The van der Waals surface area contributed by atoms with Crippen molar-refractivity contribution in [2.75, 3.05) is 24.6 Å². The molecule has 2 N–H and O–H groups in total. The Labute approximate surface area is 140 Å². The lowest BCUT2D eigenvalue weighted by atomic mass is 9.58. The first kappa shape index (κ1) is 15.2. The number of nitriles is 1. The van der Waals surface area contributed by atoms with E-state index in [2.05, 4.69) is 16.0 Å². The number of nitrogens with one attached hydrogen (secondary N) is 1. The molecule has 1 aliphatic carbocycles. The van der Waals surface area contributed by atoms with Crippen molar-refractivity contribution >= 4 is 16.6 Å². The molecule has 24 heavy (non-hydrogen) atoms. The van der Waals surface area contributed by atoms with Crippen LogP contribution < -0.4 is 10.5 Å². The molecule has 124 valence electrons. The molecule has 4 rings (SSSR count). The number of H-pyrrole nitrogens is 1.